The fraction of sp³-hybridized carbons (Fsp3) is 0.438. The van der Waals surface area contributed by atoms with Gasteiger partial charge in [-0.05, 0) is 50.9 Å². The summed E-state index contributed by atoms with van der Waals surface area (Å²) in [6.07, 6.45) is 1.87. The van der Waals surface area contributed by atoms with Gasteiger partial charge in [0.1, 0.15) is 0 Å². The van der Waals surface area contributed by atoms with Crippen molar-refractivity contribution in [2.75, 3.05) is 5.75 Å². The maximum Gasteiger partial charge on any atom is 0.491 e. The van der Waals surface area contributed by atoms with E-state index < -0.39 is 24.3 Å². The van der Waals surface area contributed by atoms with Crippen molar-refractivity contribution in [3.63, 3.8) is 0 Å². The summed E-state index contributed by atoms with van der Waals surface area (Å²) >= 11 is 10.4. The molecule has 4 nitrogen and oxygen atoms in total. The van der Waals surface area contributed by atoms with Crippen molar-refractivity contribution in [1.29, 1.82) is 0 Å². The molecule has 0 aliphatic carbocycles. The smallest absolute Gasteiger partial charge is 0.478 e. The fourth-order valence-corrected chi connectivity index (χ4v) is 2.70. The van der Waals surface area contributed by atoms with Gasteiger partial charge in [0, 0.05) is 5.75 Å². The van der Waals surface area contributed by atoms with Gasteiger partial charge in [-0.3, -0.25) is 0 Å². The zero-order valence-corrected chi connectivity index (χ0v) is 15.2. The summed E-state index contributed by atoms with van der Waals surface area (Å²) < 4.78 is 12.0. The van der Waals surface area contributed by atoms with Gasteiger partial charge in [-0.1, -0.05) is 23.7 Å². The average molecular weight is 355 g/mol. The van der Waals surface area contributed by atoms with Crippen LogP contribution >= 0.6 is 24.2 Å². The lowest BCUT2D eigenvalue weighted by molar-refractivity contribution is 0.00578. The molecule has 7 heteroatoms. The lowest BCUT2D eigenvalue weighted by atomic mass is 9.78. The van der Waals surface area contributed by atoms with Gasteiger partial charge >= 0.3 is 13.1 Å². The SMILES string of the molecule is CC1(C)OB(C(=Cc2ccc(C(=O)O)c(Cl)c2)CS)OC1(C)C. The predicted octanol–water partition coefficient (Wildman–Crippen LogP) is 3.98. The van der Waals surface area contributed by atoms with E-state index in [1.54, 1.807) is 12.1 Å². The first kappa shape index (κ1) is 18.4. The highest BCUT2D eigenvalue weighted by atomic mass is 35.5. The lowest BCUT2D eigenvalue weighted by Gasteiger charge is -2.32. The average Bonchev–Trinajstić information content (AvgIpc) is 2.64. The van der Waals surface area contributed by atoms with Crippen LogP contribution in [0.1, 0.15) is 43.6 Å². The van der Waals surface area contributed by atoms with Crippen LogP contribution in [0.2, 0.25) is 5.02 Å². The topological polar surface area (TPSA) is 55.8 Å². The van der Waals surface area contributed by atoms with E-state index in [0.29, 0.717) is 5.75 Å². The highest BCUT2D eigenvalue weighted by Gasteiger charge is 2.52. The van der Waals surface area contributed by atoms with E-state index in [9.17, 15) is 4.79 Å². The van der Waals surface area contributed by atoms with E-state index in [4.69, 9.17) is 26.0 Å². The van der Waals surface area contributed by atoms with Gasteiger partial charge in [0.25, 0.3) is 0 Å². The van der Waals surface area contributed by atoms with Gasteiger partial charge in [0.05, 0.1) is 21.8 Å². The zero-order valence-electron chi connectivity index (χ0n) is 13.6. The quantitative estimate of drug-likeness (QED) is 0.634. The largest absolute Gasteiger partial charge is 0.491 e. The summed E-state index contributed by atoms with van der Waals surface area (Å²) in [6, 6.07) is 4.79. The van der Waals surface area contributed by atoms with E-state index in [1.807, 2.05) is 33.8 Å². The molecule has 1 heterocycles. The Labute approximate surface area is 147 Å². The van der Waals surface area contributed by atoms with Crippen molar-refractivity contribution in [1.82, 2.24) is 0 Å². The molecular formula is C16H20BClO4S. The van der Waals surface area contributed by atoms with Gasteiger partial charge in [0.15, 0.2) is 0 Å². The van der Waals surface area contributed by atoms with Crippen molar-refractivity contribution in [2.45, 2.75) is 38.9 Å². The molecule has 1 fully saturated rings. The molecule has 0 amide bonds. The molecular weight excluding hydrogens is 335 g/mol. The van der Waals surface area contributed by atoms with Crippen molar-refractivity contribution in [2.24, 2.45) is 0 Å². The molecule has 0 atom stereocenters. The summed E-state index contributed by atoms with van der Waals surface area (Å²) in [6.45, 7) is 7.95. The second kappa shape index (κ2) is 6.51. The molecule has 1 aliphatic heterocycles. The van der Waals surface area contributed by atoms with Gasteiger partial charge < -0.3 is 14.4 Å². The Hall–Kier alpha value is -0.945. The van der Waals surface area contributed by atoms with Crippen LogP contribution in [0.25, 0.3) is 6.08 Å². The third kappa shape index (κ3) is 3.77. The van der Waals surface area contributed by atoms with Crippen LogP contribution in [0, 0.1) is 0 Å². The second-order valence-corrected chi connectivity index (χ2v) is 7.23. The summed E-state index contributed by atoms with van der Waals surface area (Å²) in [5.41, 5.74) is 0.853. The summed E-state index contributed by atoms with van der Waals surface area (Å²) in [5, 5.41) is 9.21. The molecule has 1 aromatic rings. The molecule has 0 saturated carbocycles. The van der Waals surface area contributed by atoms with E-state index in [1.165, 1.54) is 6.07 Å². The Kier molecular flexibility index (Phi) is 5.21. The molecule has 0 radical (unpaired) electrons. The minimum absolute atomic E-state index is 0.0758. The molecule has 0 spiro atoms. The third-order valence-electron chi connectivity index (χ3n) is 4.31. The molecule has 23 heavy (non-hydrogen) atoms. The van der Waals surface area contributed by atoms with Crippen LogP contribution < -0.4 is 0 Å². The lowest BCUT2D eigenvalue weighted by Crippen LogP contribution is -2.41. The fourth-order valence-electron chi connectivity index (χ4n) is 2.19. The minimum Gasteiger partial charge on any atom is -0.478 e. The first-order valence-corrected chi connectivity index (χ1v) is 8.28. The summed E-state index contributed by atoms with van der Waals surface area (Å²) in [4.78, 5) is 11.0. The number of hydrogen-bond donors (Lipinski definition) is 2. The summed E-state index contributed by atoms with van der Waals surface area (Å²) in [5.74, 6) is -0.597. The predicted molar refractivity (Wildman–Crippen MR) is 96.3 cm³/mol. The van der Waals surface area contributed by atoms with Gasteiger partial charge in [-0.15, -0.1) is 0 Å². The van der Waals surface area contributed by atoms with Crippen LogP contribution in [0.3, 0.4) is 0 Å². The number of aromatic carboxylic acids is 1. The molecule has 1 N–H and O–H groups in total. The van der Waals surface area contributed by atoms with E-state index in [0.717, 1.165) is 11.0 Å². The third-order valence-corrected chi connectivity index (χ3v) is 4.99. The molecule has 124 valence electrons. The standard InChI is InChI=1S/C16H20BClO4S/c1-15(2)16(3,4)22-17(21-15)11(9-23)7-10-5-6-12(14(19)20)13(18)8-10/h5-8,23H,9H2,1-4H3,(H,19,20). The van der Waals surface area contributed by atoms with Crippen molar-refractivity contribution >= 4 is 43.4 Å². The minimum atomic E-state index is -1.05. The Morgan fingerprint density at radius 2 is 1.87 bits per heavy atom. The number of rotatable bonds is 4. The first-order chi connectivity index (χ1) is 10.6. The second-order valence-electron chi connectivity index (χ2n) is 6.51. The van der Waals surface area contributed by atoms with Crippen LogP contribution in [-0.2, 0) is 9.31 Å². The highest BCUT2D eigenvalue weighted by molar-refractivity contribution is 7.80. The normalized spacial score (nSPS) is 19.9. The zero-order chi connectivity index (χ0) is 17.4. The van der Waals surface area contributed by atoms with Crippen LogP contribution in [-0.4, -0.2) is 35.1 Å². The number of carboxylic acids is 1. The molecule has 1 saturated heterocycles. The maximum atomic E-state index is 11.0. The Morgan fingerprint density at radius 1 is 1.30 bits per heavy atom. The number of hydrogen-bond acceptors (Lipinski definition) is 4. The van der Waals surface area contributed by atoms with Gasteiger partial charge in [0.2, 0.25) is 0 Å². The number of thiol groups is 1. The number of benzene rings is 1. The van der Waals surface area contributed by atoms with E-state index in [2.05, 4.69) is 12.6 Å². The molecule has 2 rings (SSSR count). The van der Waals surface area contributed by atoms with Crippen molar-refractivity contribution in [3.8, 4) is 0 Å². The molecule has 0 unspecified atom stereocenters. The Balaban J connectivity index is 2.30. The number of halogens is 1. The van der Waals surface area contributed by atoms with Crippen LogP contribution in [0.15, 0.2) is 23.7 Å². The Bertz CT molecular complexity index is 641. The van der Waals surface area contributed by atoms with E-state index >= 15 is 0 Å². The number of carbonyl (C=O) groups is 1. The van der Waals surface area contributed by atoms with Crippen molar-refractivity contribution in [3.05, 3.63) is 39.8 Å². The summed E-state index contributed by atoms with van der Waals surface area (Å²) in [7, 11) is -0.490. The molecule has 0 aromatic heterocycles. The monoisotopic (exact) mass is 354 g/mol. The first-order valence-electron chi connectivity index (χ1n) is 7.27. The van der Waals surface area contributed by atoms with Crippen LogP contribution in [0.4, 0.5) is 0 Å². The molecule has 1 aliphatic rings. The maximum absolute atomic E-state index is 11.0. The molecule has 0 bridgehead atoms. The Morgan fingerprint density at radius 3 is 2.30 bits per heavy atom. The van der Waals surface area contributed by atoms with E-state index in [-0.39, 0.29) is 10.6 Å². The van der Waals surface area contributed by atoms with Gasteiger partial charge in [-0.2, -0.15) is 12.6 Å². The molecule has 1 aromatic carbocycles. The van der Waals surface area contributed by atoms with Gasteiger partial charge in [-0.25, -0.2) is 4.79 Å². The highest BCUT2D eigenvalue weighted by Crippen LogP contribution is 2.39. The number of carboxylic acid groups (broad SMARTS) is 1. The van der Waals surface area contributed by atoms with Crippen LogP contribution in [0.5, 0.6) is 0 Å². The van der Waals surface area contributed by atoms with Crippen molar-refractivity contribution < 1.29 is 19.2 Å².